The molecule has 2 aromatic carbocycles. The summed E-state index contributed by atoms with van der Waals surface area (Å²) in [6, 6.07) is 11.2. The molecule has 1 fully saturated rings. The molecule has 0 saturated carbocycles. The van der Waals surface area contributed by atoms with E-state index in [4.69, 9.17) is 16.3 Å². The highest BCUT2D eigenvalue weighted by atomic mass is 35.5. The Morgan fingerprint density at radius 3 is 2.81 bits per heavy atom. The van der Waals surface area contributed by atoms with Crippen molar-refractivity contribution >= 4 is 51.9 Å². The van der Waals surface area contributed by atoms with Gasteiger partial charge in [-0.25, -0.2) is 4.99 Å². The zero-order valence-electron chi connectivity index (χ0n) is 13.4. The summed E-state index contributed by atoms with van der Waals surface area (Å²) in [5.74, 6) is 0.222. The highest BCUT2D eigenvalue weighted by molar-refractivity contribution is 8.18. The molecule has 1 N–H and O–H groups in total. The van der Waals surface area contributed by atoms with Crippen LogP contribution in [-0.4, -0.2) is 23.1 Å². The van der Waals surface area contributed by atoms with E-state index in [0.717, 1.165) is 11.8 Å². The molecular weight excluding hydrogens is 378 g/mol. The van der Waals surface area contributed by atoms with Crippen molar-refractivity contribution in [1.82, 2.24) is 5.32 Å². The van der Waals surface area contributed by atoms with E-state index < -0.39 is 4.92 Å². The molecule has 1 heterocycles. The number of aliphatic imine (C=N–C) groups is 1. The van der Waals surface area contributed by atoms with Gasteiger partial charge in [0.2, 0.25) is 0 Å². The SMILES string of the molecule is COc1ccccc1N=C1NC(=O)/C(=C/c2cc([N+](=O)[O-])ccc2Cl)S1. The lowest BCUT2D eigenvalue weighted by atomic mass is 10.2. The Labute approximate surface area is 157 Å². The molecule has 1 aliphatic heterocycles. The minimum Gasteiger partial charge on any atom is -0.494 e. The third kappa shape index (κ3) is 3.87. The first-order valence-corrected chi connectivity index (χ1v) is 8.54. The molecule has 0 atom stereocenters. The molecule has 0 aromatic heterocycles. The summed E-state index contributed by atoms with van der Waals surface area (Å²) in [6.07, 6.45) is 1.50. The summed E-state index contributed by atoms with van der Waals surface area (Å²) in [7, 11) is 1.54. The van der Waals surface area contributed by atoms with Crippen molar-refractivity contribution in [3.63, 3.8) is 0 Å². The van der Waals surface area contributed by atoms with Gasteiger partial charge in [-0.15, -0.1) is 0 Å². The lowest BCUT2D eigenvalue weighted by Gasteiger charge is -2.03. The summed E-state index contributed by atoms with van der Waals surface area (Å²) in [4.78, 5) is 27.3. The second-order valence-electron chi connectivity index (χ2n) is 5.12. The fourth-order valence-corrected chi connectivity index (χ4v) is 3.21. The number of amides is 1. The van der Waals surface area contributed by atoms with Crippen LogP contribution in [0, 0.1) is 10.1 Å². The number of amidine groups is 1. The summed E-state index contributed by atoms with van der Waals surface area (Å²) in [5.41, 5.74) is 0.858. The average molecular weight is 390 g/mol. The minimum absolute atomic E-state index is 0.104. The molecule has 1 amide bonds. The number of thioether (sulfide) groups is 1. The zero-order valence-corrected chi connectivity index (χ0v) is 15.0. The van der Waals surface area contributed by atoms with Gasteiger partial charge in [0.05, 0.1) is 16.9 Å². The van der Waals surface area contributed by atoms with Crippen LogP contribution in [0.25, 0.3) is 6.08 Å². The minimum atomic E-state index is -0.519. The molecule has 0 aliphatic carbocycles. The second kappa shape index (κ2) is 7.59. The number of nitro groups is 1. The normalized spacial score (nSPS) is 16.8. The number of nitro benzene ring substituents is 1. The van der Waals surface area contributed by atoms with Crippen molar-refractivity contribution in [1.29, 1.82) is 0 Å². The highest BCUT2D eigenvalue weighted by Crippen LogP contribution is 2.33. The summed E-state index contributed by atoms with van der Waals surface area (Å²) < 4.78 is 5.23. The fourth-order valence-electron chi connectivity index (χ4n) is 2.21. The number of nitrogens with one attached hydrogen (secondary N) is 1. The Kier molecular flexibility index (Phi) is 5.24. The van der Waals surface area contributed by atoms with E-state index in [9.17, 15) is 14.9 Å². The number of benzene rings is 2. The van der Waals surface area contributed by atoms with Crippen LogP contribution in [0.1, 0.15) is 5.56 Å². The molecular formula is C17H12ClN3O4S. The number of hydrogen-bond donors (Lipinski definition) is 1. The molecule has 0 spiro atoms. The number of hydrogen-bond acceptors (Lipinski definition) is 6. The smallest absolute Gasteiger partial charge is 0.270 e. The van der Waals surface area contributed by atoms with Crippen LogP contribution in [0.2, 0.25) is 5.02 Å². The van der Waals surface area contributed by atoms with Crippen molar-refractivity contribution in [2.75, 3.05) is 7.11 Å². The lowest BCUT2D eigenvalue weighted by Crippen LogP contribution is -2.19. The van der Waals surface area contributed by atoms with Gasteiger partial charge < -0.3 is 10.1 Å². The van der Waals surface area contributed by atoms with Crippen LogP contribution in [0.3, 0.4) is 0 Å². The van der Waals surface area contributed by atoms with Crippen LogP contribution in [0.15, 0.2) is 52.4 Å². The Bertz CT molecular complexity index is 959. The van der Waals surface area contributed by atoms with Crippen molar-refractivity contribution in [2.45, 2.75) is 0 Å². The molecule has 9 heteroatoms. The van der Waals surface area contributed by atoms with Gasteiger partial charge >= 0.3 is 0 Å². The van der Waals surface area contributed by atoms with E-state index in [0.29, 0.717) is 32.1 Å². The van der Waals surface area contributed by atoms with Crippen LogP contribution in [-0.2, 0) is 4.79 Å². The standard InChI is InChI=1S/C17H12ClN3O4S/c1-25-14-5-3-2-4-13(14)19-17-20-16(22)15(26-17)9-10-8-11(21(23)24)6-7-12(10)18/h2-9H,1H3,(H,19,20,22)/b15-9-. The zero-order chi connectivity index (χ0) is 18.7. The lowest BCUT2D eigenvalue weighted by molar-refractivity contribution is -0.384. The first kappa shape index (κ1) is 18.0. The Morgan fingerprint density at radius 2 is 2.08 bits per heavy atom. The monoisotopic (exact) mass is 389 g/mol. The number of non-ortho nitro benzene ring substituents is 1. The molecule has 2 aromatic rings. The van der Waals surface area contributed by atoms with E-state index in [1.807, 2.05) is 12.1 Å². The molecule has 0 unspecified atom stereocenters. The topological polar surface area (TPSA) is 93.8 Å². The van der Waals surface area contributed by atoms with Gasteiger partial charge in [-0.1, -0.05) is 23.7 Å². The van der Waals surface area contributed by atoms with Gasteiger partial charge in [0, 0.05) is 22.7 Å². The van der Waals surface area contributed by atoms with Gasteiger partial charge in [-0.05, 0) is 36.0 Å². The number of methoxy groups -OCH3 is 1. The van der Waals surface area contributed by atoms with Crippen molar-refractivity contribution in [3.8, 4) is 5.75 Å². The number of carbonyl (C=O) groups excluding carboxylic acids is 1. The van der Waals surface area contributed by atoms with Gasteiger partial charge in [0.15, 0.2) is 5.17 Å². The molecule has 3 rings (SSSR count). The average Bonchev–Trinajstić information content (AvgIpc) is 2.96. The molecule has 0 bridgehead atoms. The van der Waals surface area contributed by atoms with Gasteiger partial charge in [0.25, 0.3) is 11.6 Å². The van der Waals surface area contributed by atoms with Crippen LogP contribution < -0.4 is 10.1 Å². The first-order valence-electron chi connectivity index (χ1n) is 7.34. The van der Waals surface area contributed by atoms with Gasteiger partial charge in [-0.3, -0.25) is 14.9 Å². The maximum atomic E-state index is 12.2. The van der Waals surface area contributed by atoms with Crippen molar-refractivity contribution in [2.24, 2.45) is 4.99 Å². The third-order valence-electron chi connectivity index (χ3n) is 3.44. The molecule has 7 nitrogen and oxygen atoms in total. The Hall–Kier alpha value is -2.84. The van der Waals surface area contributed by atoms with Gasteiger partial charge in [0.1, 0.15) is 11.4 Å². The maximum Gasteiger partial charge on any atom is 0.270 e. The van der Waals surface area contributed by atoms with E-state index in [-0.39, 0.29) is 11.6 Å². The first-order chi connectivity index (χ1) is 12.5. The summed E-state index contributed by atoms with van der Waals surface area (Å²) in [6.45, 7) is 0. The fraction of sp³-hybridized carbons (Fsp3) is 0.0588. The molecule has 0 radical (unpaired) electrons. The maximum absolute atomic E-state index is 12.2. The van der Waals surface area contributed by atoms with Crippen LogP contribution in [0.5, 0.6) is 5.75 Å². The predicted octanol–water partition coefficient (Wildman–Crippen LogP) is 4.15. The number of carbonyl (C=O) groups is 1. The molecule has 26 heavy (non-hydrogen) atoms. The van der Waals surface area contributed by atoms with Crippen LogP contribution >= 0.6 is 23.4 Å². The predicted molar refractivity (Wildman–Crippen MR) is 102 cm³/mol. The van der Waals surface area contributed by atoms with E-state index >= 15 is 0 Å². The number of para-hydroxylation sites is 2. The quantitative estimate of drug-likeness (QED) is 0.481. The highest BCUT2D eigenvalue weighted by Gasteiger charge is 2.25. The van der Waals surface area contributed by atoms with E-state index in [1.54, 1.807) is 12.1 Å². The Morgan fingerprint density at radius 1 is 1.31 bits per heavy atom. The number of halogens is 1. The van der Waals surface area contributed by atoms with Crippen molar-refractivity contribution < 1.29 is 14.5 Å². The number of nitrogens with zero attached hydrogens (tertiary/aromatic N) is 2. The van der Waals surface area contributed by atoms with Gasteiger partial charge in [-0.2, -0.15) is 0 Å². The molecule has 132 valence electrons. The number of rotatable bonds is 4. The van der Waals surface area contributed by atoms with E-state index in [1.165, 1.54) is 31.4 Å². The molecule has 1 saturated heterocycles. The van der Waals surface area contributed by atoms with E-state index in [2.05, 4.69) is 10.3 Å². The Balaban J connectivity index is 1.91. The van der Waals surface area contributed by atoms with Crippen LogP contribution in [0.4, 0.5) is 11.4 Å². The number of ether oxygens (including phenoxy) is 1. The van der Waals surface area contributed by atoms with Crippen molar-refractivity contribution in [3.05, 3.63) is 68.1 Å². The molecule has 1 aliphatic rings. The summed E-state index contributed by atoms with van der Waals surface area (Å²) in [5, 5.41) is 14.3. The largest absolute Gasteiger partial charge is 0.494 e. The summed E-state index contributed by atoms with van der Waals surface area (Å²) >= 11 is 7.19. The third-order valence-corrected chi connectivity index (χ3v) is 4.69. The second-order valence-corrected chi connectivity index (χ2v) is 6.55.